The molecular weight excluding hydrogens is 231 g/mol. The molecule has 0 heterocycles. The van der Waals surface area contributed by atoms with Crippen LogP contribution in [0.4, 0.5) is 4.39 Å². The highest BCUT2D eigenvalue weighted by Crippen LogP contribution is 2.28. The zero-order valence-corrected chi connectivity index (χ0v) is 9.83. The number of rotatable bonds is 4. The average Bonchev–Trinajstić information content (AvgIpc) is 2.40. The topological polar surface area (TPSA) is 40.5 Å². The van der Waals surface area contributed by atoms with Crippen molar-refractivity contribution in [1.82, 2.24) is 0 Å². The van der Waals surface area contributed by atoms with Crippen molar-refractivity contribution in [2.24, 2.45) is 0 Å². The highest BCUT2D eigenvalue weighted by Gasteiger charge is 2.22. The molecule has 0 aliphatic rings. The predicted molar refractivity (Wildman–Crippen MR) is 67.8 cm³/mol. The molecule has 0 saturated heterocycles. The number of hydrogen-bond donors (Lipinski definition) is 2. The lowest BCUT2D eigenvalue weighted by Crippen LogP contribution is -2.23. The van der Waals surface area contributed by atoms with E-state index in [9.17, 15) is 9.50 Å². The third-order valence-corrected chi connectivity index (χ3v) is 2.94. The smallest absolute Gasteiger partial charge is 0.123 e. The summed E-state index contributed by atoms with van der Waals surface area (Å²) in [5.41, 5.74) is 1.51. The summed E-state index contributed by atoms with van der Waals surface area (Å²) in [7, 11) is 0. The van der Waals surface area contributed by atoms with E-state index in [1.807, 2.05) is 30.3 Å². The summed E-state index contributed by atoms with van der Waals surface area (Å²) >= 11 is 0. The standard InChI is InChI=1S/C15H15FO2/c16-13-8-4-7-12(9-13)15(14(18)10-17)11-5-2-1-3-6-11/h1-9,14-15,17-18H,10H2/t14-,15-/m1/s1. The molecule has 2 aromatic carbocycles. The van der Waals surface area contributed by atoms with Crippen LogP contribution in [-0.4, -0.2) is 22.9 Å². The van der Waals surface area contributed by atoms with Crippen LogP contribution in [0.3, 0.4) is 0 Å². The highest BCUT2D eigenvalue weighted by atomic mass is 19.1. The van der Waals surface area contributed by atoms with Gasteiger partial charge in [-0.05, 0) is 23.3 Å². The van der Waals surface area contributed by atoms with Crippen molar-refractivity contribution >= 4 is 0 Å². The molecule has 2 aromatic rings. The molecule has 0 spiro atoms. The fourth-order valence-electron chi connectivity index (χ4n) is 2.10. The van der Waals surface area contributed by atoms with Crippen molar-refractivity contribution in [1.29, 1.82) is 0 Å². The molecular formula is C15H15FO2. The Kier molecular flexibility index (Phi) is 4.07. The molecule has 0 amide bonds. The molecule has 0 aliphatic heterocycles. The molecule has 0 saturated carbocycles. The van der Waals surface area contributed by atoms with E-state index in [0.717, 1.165) is 5.56 Å². The summed E-state index contributed by atoms with van der Waals surface area (Å²) in [6.45, 7) is -0.365. The Hall–Kier alpha value is -1.71. The minimum absolute atomic E-state index is 0.349. The van der Waals surface area contributed by atoms with Gasteiger partial charge in [0.1, 0.15) is 5.82 Å². The van der Waals surface area contributed by atoms with Gasteiger partial charge in [-0.15, -0.1) is 0 Å². The molecule has 0 unspecified atom stereocenters. The van der Waals surface area contributed by atoms with Crippen LogP contribution in [0.15, 0.2) is 54.6 Å². The minimum atomic E-state index is -0.950. The van der Waals surface area contributed by atoms with E-state index in [-0.39, 0.29) is 12.4 Å². The first kappa shape index (κ1) is 12.7. The summed E-state index contributed by atoms with van der Waals surface area (Å²) in [5.74, 6) is -0.773. The molecule has 2 N–H and O–H groups in total. The van der Waals surface area contributed by atoms with Gasteiger partial charge in [-0.25, -0.2) is 4.39 Å². The van der Waals surface area contributed by atoms with Gasteiger partial charge < -0.3 is 10.2 Å². The Balaban J connectivity index is 2.43. The van der Waals surface area contributed by atoms with Gasteiger partial charge in [-0.1, -0.05) is 42.5 Å². The van der Waals surface area contributed by atoms with Crippen molar-refractivity contribution in [2.75, 3.05) is 6.61 Å². The Morgan fingerprint density at radius 3 is 2.22 bits per heavy atom. The minimum Gasteiger partial charge on any atom is -0.394 e. The molecule has 2 atom stereocenters. The normalized spacial score (nSPS) is 14.2. The first-order chi connectivity index (χ1) is 8.72. The summed E-state index contributed by atoms with van der Waals surface area (Å²) < 4.78 is 13.3. The third kappa shape index (κ3) is 2.75. The van der Waals surface area contributed by atoms with Gasteiger partial charge in [-0.2, -0.15) is 0 Å². The molecule has 0 bridgehead atoms. The van der Waals surface area contributed by atoms with E-state index in [0.29, 0.717) is 5.56 Å². The lowest BCUT2D eigenvalue weighted by Gasteiger charge is -2.22. The van der Waals surface area contributed by atoms with Crippen LogP contribution in [0.1, 0.15) is 17.0 Å². The van der Waals surface area contributed by atoms with E-state index in [4.69, 9.17) is 5.11 Å². The molecule has 0 fully saturated rings. The van der Waals surface area contributed by atoms with Crippen molar-refractivity contribution in [3.05, 3.63) is 71.5 Å². The van der Waals surface area contributed by atoms with Crippen molar-refractivity contribution in [2.45, 2.75) is 12.0 Å². The third-order valence-electron chi connectivity index (χ3n) is 2.94. The molecule has 3 heteroatoms. The zero-order chi connectivity index (χ0) is 13.0. The van der Waals surface area contributed by atoms with E-state index in [1.165, 1.54) is 12.1 Å². The molecule has 0 aromatic heterocycles. The van der Waals surface area contributed by atoms with Gasteiger partial charge in [0, 0.05) is 5.92 Å². The fourth-order valence-corrected chi connectivity index (χ4v) is 2.10. The van der Waals surface area contributed by atoms with Crippen LogP contribution in [0, 0.1) is 5.82 Å². The first-order valence-corrected chi connectivity index (χ1v) is 5.81. The van der Waals surface area contributed by atoms with E-state index >= 15 is 0 Å². The average molecular weight is 246 g/mol. The molecule has 2 rings (SSSR count). The van der Waals surface area contributed by atoms with Gasteiger partial charge in [0.25, 0.3) is 0 Å². The monoisotopic (exact) mass is 246 g/mol. The van der Waals surface area contributed by atoms with Crippen molar-refractivity contribution in [3.8, 4) is 0 Å². The van der Waals surface area contributed by atoms with Gasteiger partial charge in [0.05, 0.1) is 12.7 Å². The second-order valence-corrected chi connectivity index (χ2v) is 4.19. The SMILES string of the molecule is OC[C@@H](O)[C@H](c1ccccc1)c1cccc(F)c1. The fraction of sp³-hybridized carbons (Fsp3) is 0.200. The van der Waals surface area contributed by atoms with E-state index in [2.05, 4.69) is 0 Å². The van der Waals surface area contributed by atoms with Crippen LogP contribution in [0.5, 0.6) is 0 Å². The molecule has 0 radical (unpaired) electrons. The quantitative estimate of drug-likeness (QED) is 0.869. The Morgan fingerprint density at radius 1 is 0.944 bits per heavy atom. The van der Waals surface area contributed by atoms with Crippen LogP contribution in [0.25, 0.3) is 0 Å². The highest BCUT2D eigenvalue weighted by molar-refractivity contribution is 5.34. The number of aliphatic hydroxyl groups excluding tert-OH is 2. The van der Waals surface area contributed by atoms with Gasteiger partial charge in [0.2, 0.25) is 0 Å². The van der Waals surface area contributed by atoms with E-state index in [1.54, 1.807) is 12.1 Å². The van der Waals surface area contributed by atoms with Gasteiger partial charge in [0.15, 0.2) is 0 Å². The molecule has 94 valence electrons. The second-order valence-electron chi connectivity index (χ2n) is 4.19. The number of hydrogen-bond acceptors (Lipinski definition) is 2. The second kappa shape index (κ2) is 5.76. The lowest BCUT2D eigenvalue weighted by molar-refractivity contribution is 0.0822. The molecule has 0 aliphatic carbocycles. The van der Waals surface area contributed by atoms with Crippen molar-refractivity contribution in [3.63, 3.8) is 0 Å². The largest absolute Gasteiger partial charge is 0.394 e. The molecule has 18 heavy (non-hydrogen) atoms. The van der Waals surface area contributed by atoms with Crippen LogP contribution < -0.4 is 0 Å². The van der Waals surface area contributed by atoms with Gasteiger partial charge in [-0.3, -0.25) is 0 Å². The maximum atomic E-state index is 13.3. The predicted octanol–water partition coefficient (Wildman–Crippen LogP) is 2.31. The number of benzene rings is 2. The number of aliphatic hydroxyl groups is 2. The summed E-state index contributed by atoms with van der Waals surface area (Å²) in [6.07, 6.45) is -0.950. The lowest BCUT2D eigenvalue weighted by atomic mass is 9.87. The van der Waals surface area contributed by atoms with Gasteiger partial charge >= 0.3 is 0 Å². The van der Waals surface area contributed by atoms with Crippen LogP contribution >= 0.6 is 0 Å². The van der Waals surface area contributed by atoms with Crippen LogP contribution in [-0.2, 0) is 0 Å². The maximum absolute atomic E-state index is 13.3. The maximum Gasteiger partial charge on any atom is 0.123 e. The van der Waals surface area contributed by atoms with Crippen molar-refractivity contribution < 1.29 is 14.6 Å². The number of halogens is 1. The zero-order valence-electron chi connectivity index (χ0n) is 9.83. The molecule has 2 nitrogen and oxygen atoms in total. The summed E-state index contributed by atoms with van der Waals surface area (Å²) in [4.78, 5) is 0. The Labute approximate surface area is 105 Å². The Bertz CT molecular complexity index is 499. The van der Waals surface area contributed by atoms with Crippen LogP contribution in [0.2, 0.25) is 0 Å². The van der Waals surface area contributed by atoms with E-state index < -0.39 is 12.0 Å². The summed E-state index contributed by atoms with van der Waals surface area (Å²) in [6, 6.07) is 15.4. The first-order valence-electron chi connectivity index (χ1n) is 5.81. The summed E-state index contributed by atoms with van der Waals surface area (Å²) in [5, 5.41) is 19.1. The Morgan fingerprint density at radius 2 is 1.61 bits per heavy atom.